The van der Waals surface area contributed by atoms with Crippen LogP contribution in [0.4, 0.5) is 4.79 Å². The number of ether oxygens (including phenoxy) is 1. The van der Waals surface area contributed by atoms with Crippen LogP contribution < -0.4 is 21.1 Å². The Bertz CT molecular complexity index is 689. The molecule has 0 heterocycles. The van der Waals surface area contributed by atoms with Crippen LogP contribution in [0.1, 0.15) is 11.1 Å². The summed E-state index contributed by atoms with van der Waals surface area (Å²) in [6, 6.07) is 15.4. The molecular formula is C18H21N3O3. The van der Waals surface area contributed by atoms with E-state index in [0.29, 0.717) is 18.7 Å². The van der Waals surface area contributed by atoms with E-state index >= 15 is 0 Å². The van der Waals surface area contributed by atoms with Gasteiger partial charge < -0.3 is 21.1 Å². The Kier molecular flexibility index (Phi) is 6.19. The fraction of sp³-hybridized carbons (Fsp3) is 0.222. The van der Waals surface area contributed by atoms with E-state index in [4.69, 9.17) is 10.5 Å². The number of carbonyl (C=O) groups excluding carboxylic acids is 2. The molecule has 0 saturated heterocycles. The molecule has 2 aromatic carbocycles. The van der Waals surface area contributed by atoms with Crippen LogP contribution in [0.2, 0.25) is 0 Å². The lowest BCUT2D eigenvalue weighted by Crippen LogP contribution is -2.49. The van der Waals surface area contributed by atoms with E-state index in [2.05, 4.69) is 10.6 Å². The molecule has 0 aliphatic carbocycles. The van der Waals surface area contributed by atoms with E-state index < -0.39 is 12.1 Å². The zero-order valence-electron chi connectivity index (χ0n) is 13.5. The molecule has 0 fully saturated rings. The molecule has 3 amide bonds. The van der Waals surface area contributed by atoms with Crippen molar-refractivity contribution in [2.75, 3.05) is 7.11 Å². The number of hydrogen-bond acceptors (Lipinski definition) is 3. The molecule has 2 aromatic rings. The van der Waals surface area contributed by atoms with Crippen LogP contribution in [-0.2, 0) is 17.8 Å². The summed E-state index contributed by atoms with van der Waals surface area (Å²) in [5, 5.41) is 5.30. The van der Waals surface area contributed by atoms with Crippen LogP contribution in [0.5, 0.6) is 5.75 Å². The summed E-state index contributed by atoms with van der Waals surface area (Å²) in [6.45, 7) is 0.300. The van der Waals surface area contributed by atoms with Crippen LogP contribution in [-0.4, -0.2) is 25.1 Å². The van der Waals surface area contributed by atoms with Crippen LogP contribution in [0, 0.1) is 0 Å². The number of benzene rings is 2. The molecule has 0 saturated carbocycles. The summed E-state index contributed by atoms with van der Waals surface area (Å²) in [5.74, 6) is 0.392. The number of rotatable bonds is 7. The lowest BCUT2D eigenvalue weighted by Gasteiger charge is -2.18. The highest BCUT2D eigenvalue weighted by Gasteiger charge is 2.20. The van der Waals surface area contributed by atoms with Crippen molar-refractivity contribution in [1.29, 1.82) is 0 Å². The van der Waals surface area contributed by atoms with Crippen molar-refractivity contribution in [3.8, 4) is 5.75 Å². The number of nitrogens with one attached hydrogen (secondary N) is 2. The second kappa shape index (κ2) is 8.57. The van der Waals surface area contributed by atoms with Gasteiger partial charge in [-0.2, -0.15) is 0 Å². The number of primary amides is 1. The van der Waals surface area contributed by atoms with Crippen LogP contribution in [0.15, 0.2) is 54.6 Å². The lowest BCUT2D eigenvalue weighted by atomic mass is 10.1. The first kappa shape index (κ1) is 17.3. The molecule has 24 heavy (non-hydrogen) atoms. The largest absolute Gasteiger partial charge is 0.496 e. The quantitative estimate of drug-likeness (QED) is 0.721. The lowest BCUT2D eigenvalue weighted by molar-refractivity contribution is -0.123. The number of para-hydroxylation sites is 1. The highest BCUT2D eigenvalue weighted by atomic mass is 16.5. The summed E-state index contributed by atoms with van der Waals surface area (Å²) < 4.78 is 5.26. The van der Waals surface area contributed by atoms with Gasteiger partial charge in [-0.1, -0.05) is 48.5 Å². The Hall–Kier alpha value is -3.02. The molecule has 0 radical (unpaired) electrons. The van der Waals surface area contributed by atoms with Crippen molar-refractivity contribution in [3.63, 3.8) is 0 Å². The van der Waals surface area contributed by atoms with E-state index in [9.17, 15) is 9.59 Å². The first-order valence-corrected chi connectivity index (χ1v) is 7.59. The molecule has 0 unspecified atom stereocenters. The monoisotopic (exact) mass is 327 g/mol. The van der Waals surface area contributed by atoms with E-state index in [-0.39, 0.29) is 5.91 Å². The third-order valence-electron chi connectivity index (χ3n) is 3.56. The second-order valence-electron chi connectivity index (χ2n) is 5.28. The summed E-state index contributed by atoms with van der Waals surface area (Å²) in [4.78, 5) is 23.6. The Morgan fingerprint density at radius 1 is 1.08 bits per heavy atom. The number of amides is 3. The van der Waals surface area contributed by atoms with Gasteiger partial charge in [0, 0.05) is 18.5 Å². The molecule has 0 bridgehead atoms. The van der Waals surface area contributed by atoms with Gasteiger partial charge in [0.1, 0.15) is 11.8 Å². The van der Waals surface area contributed by atoms with Gasteiger partial charge in [-0.3, -0.25) is 4.79 Å². The van der Waals surface area contributed by atoms with E-state index in [1.807, 2.05) is 54.6 Å². The third-order valence-corrected chi connectivity index (χ3v) is 3.56. The summed E-state index contributed by atoms with van der Waals surface area (Å²) in [6.07, 6.45) is 0.363. The average Bonchev–Trinajstić information content (AvgIpc) is 2.60. The van der Waals surface area contributed by atoms with Gasteiger partial charge in [-0.05, 0) is 11.6 Å². The molecule has 1 atom stereocenters. The minimum Gasteiger partial charge on any atom is -0.496 e. The number of urea groups is 1. The molecule has 4 N–H and O–H groups in total. The first-order chi connectivity index (χ1) is 11.6. The summed E-state index contributed by atoms with van der Waals surface area (Å²) in [7, 11) is 1.58. The van der Waals surface area contributed by atoms with Gasteiger partial charge >= 0.3 is 6.03 Å². The van der Waals surface area contributed by atoms with Gasteiger partial charge in [0.25, 0.3) is 0 Å². The maximum atomic E-state index is 12.4. The molecule has 6 nitrogen and oxygen atoms in total. The highest BCUT2D eigenvalue weighted by molar-refractivity contribution is 5.86. The average molecular weight is 327 g/mol. The Labute approximate surface area is 141 Å². The number of nitrogens with two attached hydrogens (primary N) is 1. The van der Waals surface area contributed by atoms with E-state index in [0.717, 1.165) is 11.1 Å². The molecule has 2 rings (SSSR count). The predicted molar refractivity (Wildman–Crippen MR) is 91.5 cm³/mol. The van der Waals surface area contributed by atoms with Gasteiger partial charge in [0.05, 0.1) is 7.11 Å². The van der Waals surface area contributed by atoms with Gasteiger partial charge in [0.2, 0.25) is 5.91 Å². The maximum absolute atomic E-state index is 12.4. The number of hydrogen-bond donors (Lipinski definition) is 3. The first-order valence-electron chi connectivity index (χ1n) is 7.59. The predicted octanol–water partition coefficient (Wildman–Crippen LogP) is 1.59. The number of carbonyl (C=O) groups is 2. The van der Waals surface area contributed by atoms with Crippen molar-refractivity contribution < 1.29 is 14.3 Å². The molecule has 0 aliphatic heterocycles. The summed E-state index contributed by atoms with van der Waals surface area (Å²) in [5.41, 5.74) is 6.97. The van der Waals surface area contributed by atoms with Gasteiger partial charge in [-0.15, -0.1) is 0 Å². The Balaban J connectivity index is 2.03. The minimum absolute atomic E-state index is 0.300. The van der Waals surface area contributed by atoms with Crippen LogP contribution in [0.3, 0.4) is 0 Å². The number of methoxy groups -OCH3 is 1. The minimum atomic E-state index is -0.736. The molecular weight excluding hydrogens is 306 g/mol. The normalized spacial score (nSPS) is 11.4. The fourth-order valence-corrected chi connectivity index (χ4v) is 2.39. The SMILES string of the molecule is COc1ccccc1CNC(=O)[C@H](Cc1ccccc1)NC(N)=O. The fourth-order valence-electron chi connectivity index (χ4n) is 2.39. The van der Waals surface area contributed by atoms with Crippen molar-refractivity contribution in [1.82, 2.24) is 10.6 Å². The van der Waals surface area contributed by atoms with E-state index in [1.54, 1.807) is 7.11 Å². The zero-order valence-corrected chi connectivity index (χ0v) is 13.5. The Morgan fingerprint density at radius 2 is 1.75 bits per heavy atom. The van der Waals surface area contributed by atoms with Crippen LogP contribution in [0.25, 0.3) is 0 Å². The standard InChI is InChI=1S/C18H21N3O3/c1-24-16-10-6-5-9-14(16)12-20-17(22)15(21-18(19)23)11-13-7-3-2-4-8-13/h2-10,15H,11-12H2,1H3,(H,20,22)(H3,19,21,23)/t15-/m0/s1. The molecule has 126 valence electrons. The van der Waals surface area contributed by atoms with Crippen LogP contribution >= 0.6 is 0 Å². The van der Waals surface area contributed by atoms with Gasteiger partial charge in [-0.25, -0.2) is 4.79 Å². The topological polar surface area (TPSA) is 93.4 Å². The molecule has 0 aliphatic rings. The van der Waals surface area contributed by atoms with Crippen molar-refractivity contribution in [3.05, 3.63) is 65.7 Å². The van der Waals surface area contributed by atoms with Gasteiger partial charge in [0.15, 0.2) is 0 Å². The zero-order chi connectivity index (χ0) is 17.4. The third kappa shape index (κ3) is 5.01. The van der Waals surface area contributed by atoms with E-state index in [1.165, 1.54) is 0 Å². The van der Waals surface area contributed by atoms with Crippen molar-refractivity contribution in [2.45, 2.75) is 19.0 Å². The molecule has 0 spiro atoms. The maximum Gasteiger partial charge on any atom is 0.312 e. The van der Waals surface area contributed by atoms with Crippen molar-refractivity contribution >= 4 is 11.9 Å². The summed E-state index contributed by atoms with van der Waals surface area (Å²) >= 11 is 0. The molecule has 0 aromatic heterocycles. The smallest absolute Gasteiger partial charge is 0.312 e. The second-order valence-corrected chi connectivity index (χ2v) is 5.28. The highest BCUT2D eigenvalue weighted by Crippen LogP contribution is 2.16. The van der Waals surface area contributed by atoms with Crippen molar-refractivity contribution in [2.24, 2.45) is 5.73 Å². The Morgan fingerprint density at radius 3 is 2.42 bits per heavy atom. The molecule has 6 heteroatoms.